The number of phosphoric ester groups is 1. The van der Waals surface area contributed by atoms with E-state index in [2.05, 4.69) is 4.98 Å². The maximum absolute atomic E-state index is 13.6. The van der Waals surface area contributed by atoms with E-state index in [-0.39, 0.29) is 39.6 Å². The number of nitrogens with zero attached hydrogens (tertiary/aromatic N) is 3. The van der Waals surface area contributed by atoms with E-state index >= 15 is 0 Å². The summed E-state index contributed by atoms with van der Waals surface area (Å²) in [5.41, 5.74) is 3.69. The quantitative estimate of drug-likeness (QED) is 0.185. The summed E-state index contributed by atoms with van der Waals surface area (Å²) < 4.78 is 47.3. The molecule has 0 aliphatic carbocycles. The molecule has 1 unspecified atom stereocenters. The number of rotatable bonds is 12. The molecule has 2 fully saturated rings. The topological polar surface area (TPSA) is 146 Å². The van der Waals surface area contributed by atoms with E-state index in [9.17, 15) is 19.3 Å². The van der Waals surface area contributed by atoms with Crippen molar-refractivity contribution in [1.29, 1.82) is 0 Å². The van der Waals surface area contributed by atoms with Crippen molar-refractivity contribution in [3.8, 4) is 16.9 Å². The van der Waals surface area contributed by atoms with E-state index in [4.69, 9.17) is 27.8 Å². The Kier molecular flexibility index (Phi) is 9.11. The van der Waals surface area contributed by atoms with Crippen molar-refractivity contribution in [2.75, 3.05) is 36.2 Å². The lowest BCUT2D eigenvalue weighted by atomic mass is 10.0. The molecular weight excluding hydrogens is 641 g/mol. The Bertz CT molecular complexity index is 1760. The first-order valence-electron chi connectivity index (χ1n) is 15.3. The van der Waals surface area contributed by atoms with E-state index < -0.39 is 38.3 Å². The summed E-state index contributed by atoms with van der Waals surface area (Å²) in [6.07, 6.45) is -0.919. The van der Waals surface area contributed by atoms with Crippen molar-refractivity contribution >= 4 is 31.5 Å². The number of aromatic nitrogens is 1. The van der Waals surface area contributed by atoms with Gasteiger partial charge in [0.1, 0.15) is 30.3 Å². The van der Waals surface area contributed by atoms with Crippen LogP contribution in [0.1, 0.15) is 11.1 Å². The number of fused-ring (bicyclic) bond motifs is 3. The average Bonchev–Trinajstić information content (AvgIpc) is 3.68. The minimum atomic E-state index is -4.05. The zero-order valence-electron chi connectivity index (χ0n) is 25.6. The molecule has 2 saturated heterocycles. The molecule has 48 heavy (non-hydrogen) atoms. The second kappa shape index (κ2) is 13.8. The number of anilines is 2. The van der Waals surface area contributed by atoms with Crippen LogP contribution in [0.15, 0.2) is 97.2 Å². The number of aliphatic hydroxyl groups excluding tert-OH is 1. The van der Waals surface area contributed by atoms with Crippen LogP contribution in [0.4, 0.5) is 21.1 Å². The van der Waals surface area contributed by atoms with Gasteiger partial charge in [0.15, 0.2) is 6.10 Å². The van der Waals surface area contributed by atoms with Crippen molar-refractivity contribution < 1.29 is 47.0 Å². The molecule has 3 atom stereocenters. The predicted octanol–water partition coefficient (Wildman–Crippen LogP) is 5.71. The number of hydrogen-bond acceptors (Lipinski definition) is 11. The predicted molar refractivity (Wildman–Crippen MR) is 172 cm³/mol. The maximum atomic E-state index is 13.6. The summed E-state index contributed by atoms with van der Waals surface area (Å²) in [4.78, 5) is 32.6. The number of cyclic esters (lactones) is 2. The fraction of sp³-hybridized carbons (Fsp3) is 0.265. The summed E-state index contributed by atoms with van der Waals surface area (Å²) in [6.45, 7) is -0.192. The van der Waals surface area contributed by atoms with Gasteiger partial charge in [-0.05, 0) is 41.0 Å². The average molecular weight is 674 g/mol. The van der Waals surface area contributed by atoms with Crippen LogP contribution in [0.3, 0.4) is 0 Å². The highest BCUT2D eigenvalue weighted by Crippen LogP contribution is 2.51. The maximum Gasteiger partial charge on any atom is 0.475 e. The summed E-state index contributed by atoms with van der Waals surface area (Å²) in [7, 11) is -4.05. The smallest absolute Gasteiger partial charge is 0.475 e. The van der Waals surface area contributed by atoms with Crippen LogP contribution in [0, 0.1) is 0 Å². The number of benzene rings is 3. The largest absolute Gasteiger partial charge is 0.489 e. The number of carbonyl (C=O) groups is 2. The number of carbonyl (C=O) groups excluding carboxylic acids is 2. The molecule has 3 aliphatic rings. The van der Waals surface area contributed by atoms with Crippen LogP contribution in [0.5, 0.6) is 5.75 Å². The molecule has 3 aliphatic heterocycles. The molecule has 1 aromatic heterocycles. The third-order valence-corrected chi connectivity index (χ3v) is 9.49. The first-order chi connectivity index (χ1) is 23.4. The van der Waals surface area contributed by atoms with Crippen LogP contribution in [-0.4, -0.2) is 66.9 Å². The molecule has 248 valence electrons. The lowest BCUT2D eigenvalue weighted by molar-refractivity contribution is 0.0596. The van der Waals surface area contributed by atoms with Gasteiger partial charge in [-0.2, -0.15) is 0 Å². The van der Waals surface area contributed by atoms with Gasteiger partial charge in [-0.1, -0.05) is 66.7 Å². The summed E-state index contributed by atoms with van der Waals surface area (Å²) >= 11 is 0. The highest BCUT2D eigenvalue weighted by molar-refractivity contribution is 7.48. The second-order valence-electron chi connectivity index (χ2n) is 11.3. The van der Waals surface area contributed by atoms with Crippen molar-refractivity contribution in [3.63, 3.8) is 0 Å². The number of pyridine rings is 1. The molecule has 2 amide bonds. The molecular formula is C34H32N3O10P. The summed E-state index contributed by atoms with van der Waals surface area (Å²) in [6, 6.07) is 27.0. The highest BCUT2D eigenvalue weighted by atomic mass is 31.2. The van der Waals surface area contributed by atoms with Gasteiger partial charge in [0, 0.05) is 11.8 Å². The van der Waals surface area contributed by atoms with Gasteiger partial charge in [0.05, 0.1) is 38.7 Å². The zero-order chi connectivity index (χ0) is 33.1. The Morgan fingerprint density at radius 1 is 0.833 bits per heavy atom. The van der Waals surface area contributed by atoms with Crippen LogP contribution in [0.2, 0.25) is 0 Å². The van der Waals surface area contributed by atoms with Gasteiger partial charge in [-0.25, -0.2) is 19.1 Å². The van der Waals surface area contributed by atoms with Crippen LogP contribution >= 0.6 is 7.82 Å². The molecule has 0 saturated carbocycles. The van der Waals surface area contributed by atoms with Crippen molar-refractivity contribution in [2.45, 2.75) is 31.5 Å². The van der Waals surface area contributed by atoms with E-state index in [1.807, 2.05) is 72.8 Å². The minimum absolute atomic E-state index is 0.00555. The second-order valence-corrected chi connectivity index (χ2v) is 13.0. The molecule has 14 heteroatoms. The van der Waals surface area contributed by atoms with E-state index in [1.54, 1.807) is 24.4 Å². The Hall–Kier alpha value is -4.78. The molecule has 4 heterocycles. The van der Waals surface area contributed by atoms with Crippen molar-refractivity contribution in [2.24, 2.45) is 0 Å². The number of aliphatic hydroxyl groups is 1. The number of hydrogen-bond donors (Lipinski definition) is 1. The van der Waals surface area contributed by atoms with Crippen molar-refractivity contribution in [3.05, 3.63) is 108 Å². The fourth-order valence-corrected chi connectivity index (χ4v) is 6.81. The van der Waals surface area contributed by atoms with Gasteiger partial charge in [-0.15, -0.1) is 0 Å². The third kappa shape index (κ3) is 6.77. The Morgan fingerprint density at radius 3 is 2.17 bits per heavy atom. The molecule has 3 aromatic carbocycles. The van der Waals surface area contributed by atoms with Gasteiger partial charge in [0.2, 0.25) is 0 Å². The lowest BCUT2D eigenvalue weighted by Gasteiger charge is -2.31. The molecule has 4 aromatic rings. The normalized spacial score (nSPS) is 20.1. The van der Waals surface area contributed by atoms with Crippen LogP contribution in [0.25, 0.3) is 11.1 Å². The first kappa shape index (κ1) is 31.8. The number of phosphoric acid groups is 1. The molecule has 7 rings (SSSR count). The number of ether oxygens (including phenoxy) is 3. The third-order valence-electron chi connectivity index (χ3n) is 8.13. The Labute approximate surface area is 276 Å². The van der Waals surface area contributed by atoms with Gasteiger partial charge >= 0.3 is 20.0 Å². The zero-order valence-corrected chi connectivity index (χ0v) is 26.5. The van der Waals surface area contributed by atoms with E-state index in [0.29, 0.717) is 17.3 Å². The Balaban J connectivity index is 0.989. The molecule has 0 radical (unpaired) electrons. The molecule has 1 N–H and O–H groups in total. The van der Waals surface area contributed by atoms with E-state index in [0.717, 1.165) is 22.3 Å². The van der Waals surface area contributed by atoms with Gasteiger partial charge in [-0.3, -0.25) is 23.4 Å². The number of amides is 2. The van der Waals surface area contributed by atoms with Gasteiger partial charge < -0.3 is 19.3 Å². The van der Waals surface area contributed by atoms with E-state index in [1.165, 1.54) is 9.80 Å². The molecule has 0 bridgehead atoms. The minimum Gasteiger partial charge on any atom is -0.489 e. The summed E-state index contributed by atoms with van der Waals surface area (Å²) in [5, 5.41) is 9.54. The van der Waals surface area contributed by atoms with Crippen molar-refractivity contribution in [1.82, 2.24) is 4.98 Å². The fourth-order valence-electron chi connectivity index (χ4n) is 5.62. The van der Waals surface area contributed by atoms with Crippen LogP contribution < -0.4 is 14.5 Å². The summed E-state index contributed by atoms with van der Waals surface area (Å²) in [5.74, 6) is 0.870. The first-order valence-corrected chi connectivity index (χ1v) is 16.8. The van der Waals surface area contributed by atoms with Crippen LogP contribution in [-0.2, 0) is 40.8 Å². The standard InChI is InChI=1S/C34H32N3O10P/c38-18-31-29-22-42-30-15-25(11-13-28(30)37(29)34(40)47-31)26-12-14-32(35-16-26)36-17-27(46-33(36)39)21-45-48(41,43-19-23-7-3-1-4-8-23)44-20-24-9-5-2-6-10-24/h1-16,27,29,31,38H,17-22H2/t27?,29-,31-/m0/s1. The highest BCUT2D eigenvalue weighted by Gasteiger charge is 2.46. The lowest BCUT2D eigenvalue weighted by Crippen LogP contribution is -2.45. The monoisotopic (exact) mass is 673 g/mol. The SMILES string of the molecule is O=C1OC(COP(=O)(OCc2ccccc2)OCc2ccccc2)CN1c1ccc(-c2ccc3c(c2)OC[C@H]2[C@H](CO)OC(=O)N32)cn1. The molecule has 13 nitrogen and oxygen atoms in total. The molecule has 0 spiro atoms. The Morgan fingerprint density at radius 2 is 1.52 bits per heavy atom. The van der Waals surface area contributed by atoms with Gasteiger partial charge in [0.25, 0.3) is 0 Å².